The summed E-state index contributed by atoms with van der Waals surface area (Å²) in [5.74, 6) is 0. The van der Waals surface area contributed by atoms with Crippen molar-refractivity contribution in [2.75, 3.05) is 24.7 Å². The van der Waals surface area contributed by atoms with E-state index >= 15 is 0 Å². The summed E-state index contributed by atoms with van der Waals surface area (Å²) >= 11 is 0. The van der Waals surface area contributed by atoms with Crippen molar-refractivity contribution in [2.45, 2.75) is 30.3 Å². The molecule has 1 aliphatic rings. The topological polar surface area (TPSA) is 92.6 Å². The second-order valence-electron chi connectivity index (χ2n) is 6.81. The summed E-state index contributed by atoms with van der Waals surface area (Å²) < 4.78 is 23.8. The highest BCUT2D eigenvalue weighted by Crippen LogP contribution is 2.32. The van der Waals surface area contributed by atoms with E-state index in [0.29, 0.717) is 6.54 Å². The third kappa shape index (κ3) is 4.64. The summed E-state index contributed by atoms with van der Waals surface area (Å²) in [6, 6.07) is 14.8. The van der Waals surface area contributed by atoms with Crippen LogP contribution in [0.5, 0.6) is 0 Å². The summed E-state index contributed by atoms with van der Waals surface area (Å²) in [4.78, 5) is 12.9. The number of para-hydroxylation sites is 1. The Labute approximate surface area is 159 Å². The molecule has 1 heterocycles. The molecule has 0 saturated carbocycles. The molecule has 0 bridgehead atoms. The smallest absolute Gasteiger partial charge is 0.310 e. The third-order valence-electron chi connectivity index (χ3n) is 4.84. The Balaban J connectivity index is 1.75. The summed E-state index contributed by atoms with van der Waals surface area (Å²) in [7, 11) is -3.68. The molecule has 8 heteroatoms. The van der Waals surface area contributed by atoms with Crippen LogP contribution < -0.4 is 5.32 Å². The van der Waals surface area contributed by atoms with Crippen molar-refractivity contribution in [1.29, 1.82) is 0 Å². The molecule has 27 heavy (non-hydrogen) atoms. The fourth-order valence-electron chi connectivity index (χ4n) is 3.53. The van der Waals surface area contributed by atoms with Gasteiger partial charge in [0.15, 0.2) is 9.84 Å². The molecule has 7 nitrogen and oxygen atoms in total. The highest BCUT2D eigenvalue weighted by atomic mass is 32.2. The van der Waals surface area contributed by atoms with Crippen LogP contribution in [-0.2, 0) is 16.4 Å². The molecule has 0 aromatic heterocycles. The predicted molar refractivity (Wildman–Crippen MR) is 105 cm³/mol. The maximum Gasteiger partial charge on any atom is 0.310 e. The largest absolute Gasteiger partial charge is 0.378 e. The molecule has 1 fully saturated rings. The van der Waals surface area contributed by atoms with Crippen molar-refractivity contribution >= 4 is 21.2 Å². The summed E-state index contributed by atoms with van der Waals surface area (Å²) in [6.07, 6.45) is 3.06. The van der Waals surface area contributed by atoms with Crippen LogP contribution in [0.15, 0.2) is 53.4 Å². The number of benzene rings is 2. The number of nitro benzene ring substituents is 1. The lowest BCUT2D eigenvalue weighted by Crippen LogP contribution is -2.34. The van der Waals surface area contributed by atoms with Gasteiger partial charge in [-0.25, -0.2) is 8.42 Å². The lowest BCUT2D eigenvalue weighted by Gasteiger charge is -2.25. The van der Waals surface area contributed by atoms with Crippen molar-refractivity contribution in [3.63, 3.8) is 0 Å². The number of nitrogens with one attached hydrogen (secondary N) is 1. The first-order valence-electron chi connectivity index (χ1n) is 8.85. The minimum Gasteiger partial charge on any atom is -0.378 e. The van der Waals surface area contributed by atoms with Gasteiger partial charge in [0.1, 0.15) is 10.6 Å². The highest BCUT2D eigenvalue weighted by molar-refractivity contribution is 7.90. The van der Waals surface area contributed by atoms with Crippen LogP contribution >= 0.6 is 0 Å². The molecule has 144 valence electrons. The molecule has 0 amide bonds. The predicted octanol–water partition coefficient (Wildman–Crippen LogP) is 3.07. The minimum absolute atomic E-state index is 0.242. The number of nitro groups is 1. The average Bonchev–Trinajstić information content (AvgIpc) is 3.06. The lowest BCUT2D eigenvalue weighted by molar-refractivity contribution is -0.386. The van der Waals surface area contributed by atoms with Gasteiger partial charge in [0.05, 0.1) is 4.92 Å². The van der Waals surface area contributed by atoms with Gasteiger partial charge < -0.3 is 5.32 Å². The van der Waals surface area contributed by atoms with Crippen LogP contribution in [0.2, 0.25) is 0 Å². The maximum atomic E-state index is 11.9. The molecule has 2 aromatic carbocycles. The van der Waals surface area contributed by atoms with E-state index in [9.17, 15) is 18.5 Å². The van der Waals surface area contributed by atoms with Crippen LogP contribution in [0.1, 0.15) is 18.4 Å². The number of anilines is 1. The summed E-state index contributed by atoms with van der Waals surface area (Å²) in [6.45, 7) is 2.34. The van der Waals surface area contributed by atoms with E-state index in [1.54, 1.807) is 6.07 Å². The van der Waals surface area contributed by atoms with E-state index < -0.39 is 14.8 Å². The standard InChI is InChI=1S/C19H23N3O4S/c1-27(25,26)18-11-5-10-17(19(18)22(23)24)20-13-16-9-6-12-21(16)14-15-7-3-2-4-8-15/h2-5,7-8,10-11,16,20H,6,9,12-14H2,1H3. The molecule has 1 saturated heterocycles. The first kappa shape index (κ1) is 19.3. The van der Waals surface area contributed by atoms with Gasteiger partial charge in [-0.3, -0.25) is 15.0 Å². The van der Waals surface area contributed by atoms with Crippen molar-refractivity contribution in [3.05, 3.63) is 64.2 Å². The molecule has 0 spiro atoms. The van der Waals surface area contributed by atoms with Gasteiger partial charge in [-0.05, 0) is 37.1 Å². The van der Waals surface area contributed by atoms with Crippen molar-refractivity contribution in [3.8, 4) is 0 Å². The van der Waals surface area contributed by atoms with Gasteiger partial charge in [-0.15, -0.1) is 0 Å². The second kappa shape index (κ2) is 8.06. The SMILES string of the molecule is CS(=O)(=O)c1cccc(NCC2CCCN2Cc2ccccc2)c1[N+](=O)[O-]. The molecular weight excluding hydrogens is 366 g/mol. The molecule has 0 radical (unpaired) electrons. The number of likely N-dealkylation sites (tertiary alicyclic amines) is 1. The van der Waals surface area contributed by atoms with Gasteiger partial charge in [0.25, 0.3) is 0 Å². The van der Waals surface area contributed by atoms with E-state index in [1.807, 2.05) is 18.2 Å². The fraction of sp³-hybridized carbons (Fsp3) is 0.368. The number of hydrogen-bond acceptors (Lipinski definition) is 6. The number of nitrogens with zero attached hydrogens (tertiary/aromatic N) is 2. The second-order valence-corrected chi connectivity index (χ2v) is 8.80. The van der Waals surface area contributed by atoms with Gasteiger partial charge in [-0.2, -0.15) is 0 Å². The first-order chi connectivity index (χ1) is 12.9. The van der Waals surface area contributed by atoms with Crippen LogP contribution in [0.3, 0.4) is 0 Å². The van der Waals surface area contributed by atoms with Gasteiger partial charge in [-0.1, -0.05) is 36.4 Å². The quantitative estimate of drug-likeness (QED) is 0.578. The Bertz CT molecular complexity index is 916. The molecule has 1 aliphatic heterocycles. The monoisotopic (exact) mass is 389 g/mol. The summed E-state index contributed by atoms with van der Waals surface area (Å²) in [5.41, 5.74) is 1.09. The van der Waals surface area contributed by atoms with Gasteiger partial charge in [0, 0.05) is 25.4 Å². The van der Waals surface area contributed by atoms with Crippen LogP contribution in [0, 0.1) is 10.1 Å². The molecule has 1 atom stereocenters. The Morgan fingerprint density at radius 3 is 2.59 bits per heavy atom. The Morgan fingerprint density at radius 1 is 1.19 bits per heavy atom. The first-order valence-corrected chi connectivity index (χ1v) is 10.7. The maximum absolute atomic E-state index is 11.9. The van der Waals surface area contributed by atoms with Crippen molar-refractivity contribution in [2.24, 2.45) is 0 Å². The Hall–Kier alpha value is -2.45. The lowest BCUT2D eigenvalue weighted by atomic mass is 10.1. The average molecular weight is 389 g/mol. The van der Waals surface area contributed by atoms with E-state index in [0.717, 1.165) is 32.2 Å². The van der Waals surface area contributed by atoms with Crippen molar-refractivity contribution < 1.29 is 13.3 Å². The fourth-order valence-corrected chi connectivity index (χ4v) is 4.39. The van der Waals surface area contributed by atoms with Gasteiger partial charge in [0.2, 0.25) is 0 Å². The molecule has 2 aromatic rings. The van der Waals surface area contributed by atoms with Crippen LogP contribution in [0.25, 0.3) is 0 Å². The summed E-state index contributed by atoms with van der Waals surface area (Å²) in [5, 5.41) is 14.6. The van der Waals surface area contributed by atoms with E-state index in [-0.39, 0.29) is 22.3 Å². The normalized spacial score (nSPS) is 17.7. The number of hydrogen-bond donors (Lipinski definition) is 1. The van der Waals surface area contributed by atoms with Crippen LogP contribution in [-0.4, -0.2) is 43.6 Å². The number of rotatable bonds is 7. The zero-order chi connectivity index (χ0) is 19.4. The van der Waals surface area contributed by atoms with E-state index in [4.69, 9.17) is 0 Å². The molecular formula is C19H23N3O4S. The zero-order valence-electron chi connectivity index (χ0n) is 15.2. The Kier molecular flexibility index (Phi) is 5.76. The Morgan fingerprint density at radius 2 is 1.93 bits per heavy atom. The third-order valence-corrected chi connectivity index (χ3v) is 5.97. The van der Waals surface area contributed by atoms with Crippen LogP contribution in [0.4, 0.5) is 11.4 Å². The van der Waals surface area contributed by atoms with Crippen molar-refractivity contribution in [1.82, 2.24) is 4.90 Å². The molecule has 1 unspecified atom stereocenters. The minimum atomic E-state index is -3.68. The molecule has 1 N–H and O–H groups in total. The molecule has 3 rings (SSSR count). The van der Waals surface area contributed by atoms with E-state index in [1.165, 1.54) is 17.7 Å². The van der Waals surface area contributed by atoms with E-state index in [2.05, 4.69) is 22.3 Å². The molecule has 0 aliphatic carbocycles. The zero-order valence-corrected chi connectivity index (χ0v) is 16.0. The number of sulfone groups is 1. The highest BCUT2D eigenvalue weighted by Gasteiger charge is 2.28. The van der Waals surface area contributed by atoms with Gasteiger partial charge >= 0.3 is 5.69 Å².